The first-order valence-corrected chi connectivity index (χ1v) is 9.78. The van der Waals surface area contributed by atoms with Gasteiger partial charge in [-0.1, -0.05) is 12.1 Å². The number of fused-ring (bicyclic) bond motifs is 1. The van der Waals surface area contributed by atoms with E-state index in [0.29, 0.717) is 18.7 Å². The first-order valence-electron chi connectivity index (χ1n) is 9.78. The van der Waals surface area contributed by atoms with Crippen LogP contribution in [0.25, 0.3) is 11.0 Å². The summed E-state index contributed by atoms with van der Waals surface area (Å²) >= 11 is 0. The number of benzene rings is 1. The van der Waals surface area contributed by atoms with Crippen LogP contribution in [-0.4, -0.2) is 54.2 Å². The number of nitrogens with one attached hydrogen (secondary N) is 2. The van der Waals surface area contributed by atoms with Crippen LogP contribution in [0.15, 0.2) is 23.0 Å². The van der Waals surface area contributed by atoms with E-state index >= 15 is 0 Å². The summed E-state index contributed by atoms with van der Waals surface area (Å²) in [6.45, 7) is 2.63. The van der Waals surface area contributed by atoms with Gasteiger partial charge in [0.25, 0.3) is 5.91 Å². The molecule has 1 fully saturated rings. The fraction of sp³-hybridized carbons (Fsp3) is 0.550. The van der Waals surface area contributed by atoms with E-state index in [1.807, 2.05) is 19.2 Å². The predicted octanol–water partition coefficient (Wildman–Crippen LogP) is 0.951. The Hall–Kier alpha value is -2.16. The van der Waals surface area contributed by atoms with Gasteiger partial charge in [-0.2, -0.15) is 0 Å². The van der Waals surface area contributed by atoms with Crippen molar-refractivity contribution < 1.29 is 14.3 Å². The van der Waals surface area contributed by atoms with Crippen LogP contribution in [-0.2, 0) is 27.8 Å². The number of aromatic nitrogens is 2. The fourth-order valence-corrected chi connectivity index (χ4v) is 3.74. The molecule has 2 aromatic rings. The second kappa shape index (κ2) is 10.6. The summed E-state index contributed by atoms with van der Waals surface area (Å²) in [6.07, 6.45) is 2.80. The summed E-state index contributed by atoms with van der Waals surface area (Å²) in [4.78, 5) is 37.5. The Morgan fingerprint density at radius 2 is 1.97 bits per heavy atom. The van der Waals surface area contributed by atoms with Crippen molar-refractivity contribution in [3.63, 3.8) is 0 Å². The van der Waals surface area contributed by atoms with Gasteiger partial charge in [-0.3, -0.25) is 18.7 Å². The number of hydrogen-bond donors (Lipinski definition) is 2. The number of hydrogen-bond acceptors (Lipinski definition) is 5. The highest BCUT2D eigenvalue weighted by Crippen LogP contribution is 2.24. The number of aryl methyl sites for hydroxylation is 2. The molecule has 1 aliphatic heterocycles. The van der Waals surface area contributed by atoms with E-state index < -0.39 is 11.9 Å². The van der Waals surface area contributed by atoms with Crippen LogP contribution in [0.4, 0.5) is 0 Å². The highest BCUT2D eigenvalue weighted by atomic mass is 35.5. The molecule has 3 rings (SSSR count). The lowest BCUT2D eigenvalue weighted by atomic mass is 10.0. The molecule has 1 saturated heterocycles. The van der Waals surface area contributed by atoms with Crippen LogP contribution in [0, 0.1) is 0 Å². The predicted molar refractivity (Wildman–Crippen MR) is 114 cm³/mol. The summed E-state index contributed by atoms with van der Waals surface area (Å²) in [5.74, 6) is -0.634. The number of piperidine rings is 1. The van der Waals surface area contributed by atoms with E-state index in [9.17, 15) is 14.4 Å². The molecule has 9 heteroatoms. The monoisotopic (exact) mass is 424 g/mol. The zero-order chi connectivity index (χ0) is 20.1. The molecule has 1 atom stereocenters. The molecule has 0 radical (unpaired) electrons. The van der Waals surface area contributed by atoms with Crippen molar-refractivity contribution in [2.24, 2.45) is 7.05 Å². The average molecular weight is 425 g/mol. The normalized spacial score (nSPS) is 16.7. The first-order chi connectivity index (χ1) is 13.6. The minimum Gasteiger partial charge on any atom is -0.381 e. The molecule has 0 aliphatic carbocycles. The lowest BCUT2D eigenvalue weighted by Gasteiger charge is -2.21. The third-order valence-corrected chi connectivity index (χ3v) is 5.12. The minimum atomic E-state index is -1.09. The molecule has 0 spiro atoms. The number of amides is 1. The molecule has 29 heavy (non-hydrogen) atoms. The number of para-hydroxylation sites is 1. The molecule has 2 heterocycles. The highest BCUT2D eigenvalue weighted by Gasteiger charge is 2.34. The molecule has 160 valence electrons. The van der Waals surface area contributed by atoms with Crippen LogP contribution in [0.2, 0.25) is 0 Å². The topological polar surface area (TPSA) is 94.4 Å². The van der Waals surface area contributed by atoms with Gasteiger partial charge < -0.3 is 15.4 Å². The Labute approximate surface area is 176 Å². The van der Waals surface area contributed by atoms with Crippen LogP contribution >= 0.6 is 12.4 Å². The Bertz CT molecular complexity index is 905. The Kier molecular flexibility index (Phi) is 8.43. The van der Waals surface area contributed by atoms with Crippen molar-refractivity contribution >= 4 is 35.1 Å². The van der Waals surface area contributed by atoms with Gasteiger partial charge in [0.05, 0.1) is 11.0 Å². The van der Waals surface area contributed by atoms with E-state index in [-0.39, 0.29) is 30.3 Å². The third-order valence-electron chi connectivity index (χ3n) is 5.12. The van der Waals surface area contributed by atoms with Crippen molar-refractivity contribution in [3.05, 3.63) is 34.2 Å². The van der Waals surface area contributed by atoms with Crippen molar-refractivity contribution in [1.29, 1.82) is 0 Å². The smallest absolute Gasteiger partial charge is 0.329 e. The molecule has 0 bridgehead atoms. The number of carbonyl (C=O) groups excluding carboxylic acids is 2. The summed E-state index contributed by atoms with van der Waals surface area (Å²) < 4.78 is 8.51. The van der Waals surface area contributed by atoms with Gasteiger partial charge in [0.1, 0.15) is 0 Å². The quantitative estimate of drug-likeness (QED) is 0.461. The number of rotatable bonds is 9. The van der Waals surface area contributed by atoms with Crippen molar-refractivity contribution in [2.45, 2.75) is 31.7 Å². The molecular weight excluding hydrogens is 396 g/mol. The van der Waals surface area contributed by atoms with E-state index in [2.05, 4.69) is 10.6 Å². The Balaban J connectivity index is 0.00000300. The number of nitrogens with zero attached hydrogens (tertiary/aromatic N) is 2. The van der Waals surface area contributed by atoms with Gasteiger partial charge in [-0.25, -0.2) is 4.79 Å². The maximum atomic E-state index is 12.9. The highest BCUT2D eigenvalue weighted by molar-refractivity contribution is 6.06. The van der Waals surface area contributed by atoms with Gasteiger partial charge >= 0.3 is 5.69 Å². The van der Waals surface area contributed by atoms with Gasteiger partial charge in [0.15, 0.2) is 11.8 Å². The zero-order valence-corrected chi connectivity index (χ0v) is 17.7. The number of carbonyl (C=O) groups is 2. The van der Waals surface area contributed by atoms with E-state index in [1.165, 1.54) is 9.13 Å². The van der Waals surface area contributed by atoms with Crippen LogP contribution < -0.4 is 16.3 Å². The molecule has 1 amide bonds. The number of halogens is 1. The van der Waals surface area contributed by atoms with Crippen molar-refractivity contribution in [2.75, 3.05) is 33.4 Å². The number of ketones is 1. The largest absolute Gasteiger partial charge is 0.381 e. The SMILES string of the molecule is CNCCCOCCCc1cccc2c1n(C)c(=O)n2C1C(=O)CCNC1=O.Cl. The van der Waals surface area contributed by atoms with Crippen LogP contribution in [0.5, 0.6) is 0 Å². The second-order valence-electron chi connectivity index (χ2n) is 7.08. The molecule has 0 saturated carbocycles. The molecule has 8 nitrogen and oxygen atoms in total. The van der Waals surface area contributed by atoms with Crippen LogP contribution in [0.3, 0.4) is 0 Å². The van der Waals surface area contributed by atoms with Gasteiger partial charge in [0, 0.05) is 33.2 Å². The maximum Gasteiger partial charge on any atom is 0.329 e. The lowest BCUT2D eigenvalue weighted by molar-refractivity contribution is -0.135. The molecule has 1 aromatic carbocycles. The number of imidazole rings is 1. The lowest BCUT2D eigenvalue weighted by Crippen LogP contribution is -2.46. The maximum absolute atomic E-state index is 12.9. The molecular formula is C20H29ClN4O4. The van der Waals surface area contributed by atoms with Gasteiger partial charge in [-0.05, 0) is 44.5 Å². The summed E-state index contributed by atoms with van der Waals surface area (Å²) in [6, 6.07) is 4.56. The molecule has 2 N–H and O–H groups in total. The molecule has 1 aromatic heterocycles. The van der Waals surface area contributed by atoms with E-state index in [0.717, 1.165) is 43.5 Å². The standard InChI is InChI=1S/C20H28N4O4.ClH/c1-21-10-5-13-28-12-4-7-14-6-3-8-15-17(14)23(2)20(27)24(15)18-16(25)9-11-22-19(18)26;/h3,6,8,18,21H,4-5,7,9-13H2,1-2H3,(H,22,26);1H. The first kappa shape index (κ1) is 23.1. The van der Waals surface area contributed by atoms with Crippen molar-refractivity contribution in [3.8, 4) is 0 Å². The Morgan fingerprint density at radius 1 is 1.21 bits per heavy atom. The fourth-order valence-electron chi connectivity index (χ4n) is 3.74. The molecule has 1 unspecified atom stereocenters. The molecule has 1 aliphatic rings. The zero-order valence-electron chi connectivity index (χ0n) is 16.9. The van der Waals surface area contributed by atoms with Crippen molar-refractivity contribution in [1.82, 2.24) is 19.8 Å². The number of Topliss-reactive ketones (excluding diaryl/α,β-unsaturated/α-hetero) is 1. The average Bonchev–Trinajstić information content (AvgIpc) is 2.93. The van der Waals surface area contributed by atoms with Gasteiger partial charge in [0.2, 0.25) is 0 Å². The second-order valence-corrected chi connectivity index (χ2v) is 7.08. The summed E-state index contributed by atoms with van der Waals surface area (Å²) in [7, 11) is 3.60. The minimum absolute atomic E-state index is 0. The Morgan fingerprint density at radius 3 is 2.69 bits per heavy atom. The van der Waals surface area contributed by atoms with Crippen LogP contribution in [0.1, 0.15) is 30.9 Å². The summed E-state index contributed by atoms with van der Waals surface area (Å²) in [5, 5.41) is 5.77. The van der Waals surface area contributed by atoms with E-state index in [4.69, 9.17) is 4.74 Å². The third kappa shape index (κ3) is 4.88. The summed E-state index contributed by atoms with van der Waals surface area (Å²) in [5.41, 5.74) is 2.06. The van der Waals surface area contributed by atoms with E-state index in [1.54, 1.807) is 13.1 Å². The van der Waals surface area contributed by atoms with Gasteiger partial charge in [-0.15, -0.1) is 12.4 Å². The number of ether oxygens (including phenoxy) is 1.